The lowest BCUT2D eigenvalue weighted by atomic mass is 10.1. The number of piperidine rings is 1. The molecule has 7 nitrogen and oxygen atoms in total. The number of hydrogen-bond donors (Lipinski definition) is 4. The Balaban J connectivity index is 1.54. The minimum atomic E-state index is -0.501. The van der Waals surface area contributed by atoms with Crippen LogP contribution < -0.4 is 21.3 Å². The molecule has 2 fully saturated rings. The Hall–Kier alpha value is -2.57. The van der Waals surface area contributed by atoms with Gasteiger partial charge in [0.25, 0.3) is 0 Å². The molecule has 1 saturated heterocycles. The van der Waals surface area contributed by atoms with Gasteiger partial charge in [0.2, 0.25) is 11.8 Å². The van der Waals surface area contributed by atoms with Gasteiger partial charge in [0.05, 0.1) is 0 Å². The third-order valence-corrected chi connectivity index (χ3v) is 4.70. The van der Waals surface area contributed by atoms with Crippen LogP contribution in [0.2, 0.25) is 0 Å². The smallest absolute Gasteiger partial charge is 0.319 e. The standard InChI is InChI=1S/C18H24N4O3/c23-16(12-5-1-2-6-12)20-13-7-3-8-14(11-13)21-18(25)22-15-9-4-10-19-17(15)24/h3,7-8,11-12,15H,1-2,4-6,9-10H2,(H,19,24)(H,20,23)(H2,21,22,25)/t15-/m1/s1. The Morgan fingerprint density at radius 1 is 1.00 bits per heavy atom. The SMILES string of the molecule is O=C(Nc1cccc(NC(=O)C2CCCC2)c1)N[C@@H]1CCCNC1=O. The van der Waals surface area contributed by atoms with Gasteiger partial charge >= 0.3 is 6.03 Å². The van der Waals surface area contributed by atoms with Crippen LogP contribution in [0.4, 0.5) is 16.2 Å². The van der Waals surface area contributed by atoms with Crippen molar-refractivity contribution in [1.29, 1.82) is 0 Å². The lowest BCUT2D eigenvalue weighted by molar-refractivity contribution is -0.124. The van der Waals surface area contributed by atoms with E-state index in [1.807, 2.05) is 0 Å². The number of anilines is 2. The summed E-state index contributed by atoms with van der Waals surface area (Å²) < 4.78 is 0. The van der Waals surface area contributed by atoms with Crippen molar-refractivity contribution in [1.82, 2.24) is 10.6 Å². The van der Waals surface area contributed by atoms with E-state index < -0.39 is 12.1 Å². The number of hydrogen-bond acceptors (Lipinski definition) is 3. The van der Waals surface area contributed by atoms with Gasteiger partial charge in [-0.1, -0.05) is 18.9 Å². The summed E-state index contributed by atoms with van der Waals surface area (Å²) in [5.74, 6) is -0.0262. The maximum Gasteiger partial charge on any atom is 0.319 e. The molecule has 1 aliphatic heterocycles. The number of carbonyl (C=O) groups excluding carboxylic acids is 3. The van der Waals surface area contributed by atoms with Crippen molar-refractivity contribution in [2.45, 2.75) is 44.6 Å². The van der Waals surface area contributed by atoms with Gasteiger partial charge in [0.15, 0.2) is 0 Å². The fourth-order valence-corrected chi connectivity index (χ4v) is 3.34. The first-order valence-electron chi connectivity index (χ1n) is 8.88. The van der Waals surface area contributed by atoms with Crippen molar-refractivity contribution < 1.29 is 14.4 Å². The summed E-state index contributed by atoms with van der Waals surface area (Å²) in [6.45, 7) is 0.654. The summed E-state index contributed by atoms with van der Waals surface area (Å²) in [7, 11) is 0. The van der Waals surface area contributed by atoms with Crippen LogP contribution >= 0.6 is 0 Å². The first kappa shape index (κ1) is 17.3. The molecule has 0 radical (unpaired) electrons. The van der Waals surface area contributed by atoms with Crippen molar-refractivity contribution >= 4 is 29.2 Å². The molecule has 4 amide bonds. The number of rotatable bonds is 4. The zero-order valence-corrected chi connectivity index (χ0v) is 14.1. The number of urea groups is 1. The summed E-state index contributed by atoms with van der Waals surface area (Å²) in [6, 6.07) is 6.09. The van der Waals surface area contributed by atoms with Gasteiger partial charge < -0.3 is 21.3 Å². The minimum absolute atomic E-state index is 0.0398. The highest BCUT2D eigenvalue weighted by atomic mass is 16.2. The Bertz CT molecular complexity index is 655. The van der Waals surface area contributed by atoms with E-state index in [1.165, 1.54) is 0 Å². The maximum absolute atomic E-state index is 12.2. The van der Waals surface area contributed by atoms with E-state index in [2.05, 4.69) is 21.3 Å². The second kappa shape index (κ2) is 8.00. The highest BCUT2D eigenvalue weighted by Gasteiger charge is 2.24. The molecule has 1 heterocycles. The Labute approximate surface area is 146 Å². The second-order valence-electron chi connectivity index (χ2n) is 6.64. The van der Waals surface area contributed by atoms with Gasteiger partial charge in [0.1, 0.15) is 6.04 Å². The monoisotopic (exact) mass is 344 g/mol. The van der Waals surface area contributed by atoms with Crippen LogP contribution in [0.15, 0.2) is 24.3 Å². The molecule has 134 valence electrons. The Morgan fingerprint density at radius 3 is 2.44 bits per heavy atom. The van der Waals surface area contributed by atoms with Crippen molar-refractivity contribution in [3.05, 3.63) is 24.3 Å². The van der Waals surface area contributed by atoms with Crippen molar-refractivity contribution in [3.8, 4) is 0 Å². The molecule has 3 rings (SSSR count). The van der Waals surface area contributed by atoms with Gasteiger partial charge in [-0.05, 0) is 43.9 Å². The lowest BCUT2D eigenvalue weighted by Crippen LogP contribution is -2.51. The average molecular weight is 344 g/mol. The zero-order chi connectivity index (χ0) is 17.6. The molecule has 1 aromatic rings. The number of nitrogens with one attached hydrogen (secondary N) is 4. The molecule has 0 bridgehead atoms. The Kier molecular flexibility index (Phi) is 5.53. The molecule has 1 saturated carbocycles. The van der Waals surface area contributed by atoms with E-state index in [4.69, 9.17) is 0 Å². The van der Waals surface area contributed by atoms with E-state index in [1.54, 1.807) is 24.3 Å². The van der Waals surface area contributed by atoms with Gasteiger partial charge in [-0.3, -0.25) is 9.59 Å². The number of carbonyl (C=O) groups is 3. The molecule has 0 unspecified atom stereocenters. The van der Waals surface area contributed by atoms with Crippen molar-refractivity contribution in [3.63, 3.8) is 0 Å². The summed E-state index contributed by atoms with van der Waals surface area (Å²) in [6.07, 6.45) is 5.57. The first-order chi connectivity index (χ1) is 12.1. The molecule has 7 heteroatoms. The highest BCUT2D eigenvalue weighted by molar-refractivity contribution is 5.96. The third-order valence-electron chi connectivity index (χ3n) is 4.70. The van der Waals surface area contributed by atoms with E-state index in [0.29, 0.717) is 24.3 Å². The molecule has 1 aliphatic carbocycles. The maximum atomic E-state index is 12.2. The first-order valence-corrected chi connectivity index (χ1v) is 8.88. The topological polar surface area (TPSA) is 99.3 Å². The van der Waals surface area contributed by atoms with Gasteiger partial charge in [-0.25, -0.2) is 4.79 Å². The molecule has 1 atom stereocenters. The zero-order valence-electron chi connectivity index (χ0n) is 14.1. The van der Waals surface area contributed by atoms with E-state index in [0.717, 1.165) is 32.1 Å². The van der Waals surface area contributed by atoms with Gasteiger partial charge in [0, 0.05) is 23.8 Å². The van der Waals surface area contributed by atoms with Crippen molar-refractivity contribution in [2.24, 2.45) is 5.92 Å². The average Bonchev–Trinajstić information content (AvgIpc) is 3.12. The summed E-state index contributed by atoms with van der Waals surface area (Å²) in [5.41, 5.74) is 1.23. The van der Waals surface area contributed by atoms with E-state index in [9.17, 15) is 14.4 Å². The van der Waals surface area contributed by atoms with Crippen LogP contribution in [-0.4, -0.2) is 30.4 Å². The molecule has 0 aromatic heterocycles. The second-order valence-corrected chi connectivity index (χ2v) is 6.64. The van der Waals surface area contributed by atoms with Crippen LogP contribution in [-0.2, 0) is 9.59 Å². The Morgan fingerprint density at radius 2 is 1.72 bits per heavy atom. The fourth-order valence-electron chi connectivity index (χ4n) is 3.34. The van der Waals surface area contributed by atoms with Crippen LogP contribution in [0, 0.1) is 5.92 Å². The van der Waals surface area contributed by atoms with Crippen LogP contribution in [0.1, 0.15) is 38.5 Å². The molecular weight excluding hydrogens is 320 g/mol. The summed E-state index contributed by atoms with van der Waals surface area (Å²) in [4.78, 5) is 36.0. The number of benzene rings is 1. The minimum Gasteiger partial charge on any atom is -0.354 e. The van der Waals surface area contributed by atoms with Gasteiger partial charge in [-0.2, -0.15) is 0 Å². The third kappa shape index (κ3) is 4.71. The number of amides is 4. The van der Waals surface area contributed by atoms with E-state index >= 15 is 0 Å². The molecule has 0 spiro atoms. The summed E-state index contributed by atoms with van der Waals surface area (Å²) in [5, 5.41) is 11.0. The van der Waals surface area contributed by atoms with Crippen LogP contribution in [0.25, 0.3) is 0 Å². The predicted octanol–water partition coefficient (Wildman–Crippen LogP) is 2.22. The van der Waals surface area contributed by atoms with Gasteiger partial charge in [-0.15, -0.1) is 0 Å². The lowest BCUT2D eigenvalue weighted by Gasteiger charge is -2.22. The quantitative estimate of drug-likeness (QED) is 0.674. The normalized spacial score (nSPS) is 20.6. The predicted molar refractivity (Wildman–Crippen MR) is 95.2 cm³/mol. The summed E-state index contributed by atoms with van der Waals surface area (Å²) >= 11 is 0. The molecule has 2 aliphatic rings. The van der Waals surface area contributed by atoms with Crippen molar-refractivity contribution in [2.75, 3.05) is 17.2 Å². The largest absolute Gasteiger partial charge is 0.354 e. The van der Waals surface area contributed by atoms with Crippen LogP contribution in [0.3, 0.4) is 0 Å². The molecular formula is C18H24N4O3. The molecule has 1 aromatic carbocycles. The fraction of sp³-hybridized carbons (Fsp3) is 0.500. The van der Waals surface area contributed by atoms with Crippen LogP contribution in [0.5, 0.6) is 0 Å². The molecule has 25 heavy (non-hydrogen) atoms. The highest BCUT2D eigenvalue weighted by Crippen LogP contribution is 2.26. The molecule has 4 N–H and O–H groups in total. The van der Waals surface area contributed by atoms with E-state index in [-0.39, 0.29) is 17.7 Å².